The summed E-state index contributed by atoms with van der Waals surface area (Å²) in [5, 5.41) is 4.75. The minimum atomic E-state index is -0.298. The maximum absolute atomic E-state index is 5.03. The zero-order chi connectivity index (χ0) is 35.3. The van der Waals surface area contributed by atoms with Crippen LogP contribution >= 0.6 is 0 Å². The highest BCUT2D eigenvalue weighted by atomic mass is 15.0. The van der Waals surface area contributed by atoms with Crippen molar-refractivity contribution >= 4 is 43.6 Å². The van der Waals surface area contributed by atoms with Gasteiger partial charge in [0.1, 0.15) is 0 Å². The zero-order valence-corrected chi connectivity index (χ0v) is 29.2. The van der Waals surface area contributed by atoms with Crippen molar-refractivity contribution in [2.24, 2.45) is 0 Å². The van der Waals surface area contributed by atoms with Crippen LogP contribution in [0.2, 0.25) is 0 Å². The molecule has 0 amide bonds. The van der Waals surface area contributed by atoms with Crippen LogP contribution in [0.25, 0.3) is 89.2 Å². The average Bonchev–Trinajstić information content (AvgIpc) is 3.73. The summed E-state index contributed by atoms with van der Waals surface area (Å²) in [6.07, 6.45) is 4.06. The number of fused-ring (bicyclic) bond motifs is 8. The molecule has 0 saturated heterocycles. The van der Waals surface area contributed by atoms with Crippen LogP contribution in [0, 0.1) is 0 Å². The fourth-order valence-electron chi connectivity index (χ4n) is 8.45. The first-order valence-corrected chi connectivity index (χ1v) is 18.0. The van der Waals surface area contributed by atoms with Gasteiger partial charge in [-0.1, -0.05) is 111 Å². The first-order valence-electron chi connectivity index (χ1n) is 18.0. The van der Waals surface area contributed by atoms with Gasteiger partial charge in [-0.3, -0.25) is 4.98 Å². The van der Waals surface area contributed by atoms with Gasteiger partial charge in [0.25, 0.3) is 0 Å². The van der Waals surface area contributed by atoms with Crippen LogP contribution in [-0.4, -0.2) is 29.1 Å². The molecule has 1 aliphatic rings. The Morgan fingerprint density at radius 3 is 1.64 bits per heavy atom. The molecule has 1 aliphatic heterocycles. The number of nitrogens with zero attached hydrogens (tertiary/aromatic N) is 6. The Morgan fingerprint density at radius 2 is 1.00 bits per heavy atom. The van der Waals surface area contributed by atoms with Gasteiger partial charge in [0.05, 0.1) is 27.8 Å². The molecule has 0 bridgehead atoms. The Morgan fingerprint density at radius 1 is 0.434 bits per heavy atom. The van der Waals surface area contributed by atoms with E-state index in [9.17, 15) is 0 Å². The van der Waals surface area contributed by atoms with E-state index in [1.807, 2.05) is 66.9 Å². The maximum atomic E-state index is 5.03. The van der Waals surface area contributed by atoms with Crippen molar-refractivity contribution in [1.29, 1.82) is 0 Å². The predicted molar refractivity (Wildman–Crippen MR) is 215 cm³/mol. The molecule has 53 heavy (non-hydrogen) atoms. The first kappa shape index (κ1) is 29.8. The molecule has 4 aromatic heterocycles. The summed E-state index contributed by atoms with van der Waals surface area (Å²) in [4.78, 5) is 19.8. The van der Waals surface area contributed by atoms with Crippen LogP contribution in [0.1, 0.15) is 25.0 Å². The van der Waals surface area contributed by atoms with Crippen LogP contribution in [-0.2, 0) is 5.41 Å². The molecule has 6 heteroatoms. The standard InChI is InChI=1S/C47H32N6/c1-47(2)37-26-32(52-39-19-11-9-17-33(39)34-18-10-12-20-40(34)52)22-24-42(37)53-41-23-21-31(25-35(41)36-27-48-28-38(47)43(36)53)46-50-44(29-13-5-3-6-14-29)49-45(51-46)30-15-7-4-8-16-30/h3-28H,1-2H3. The summed E-state index contributed by atoms with van der Waals surface area (Å²) in [7, 11) is 0. The van der Waals surface area contributed by atoms with E-state index >= 15 is 0 Å². The van der Waals surface area contributed by atoms with Gasteiger partial charge in [-0.2, -0.15) is 0 Å². The lowest BCUT2D eigenvalue weighted by atomic mass is 9.75. The van der Waals surface area contributed by atoms with Crippen LogP contribution in [0.5, 0.6) is 0 Å². The second-order valence-corrected chi connectivity index (χ2v) is 14.4. The molecule has 6 aromatic carbocycles. The number of pyridine rings is 1. The topological polar surface area (TPSA) is 61.4 Å². The van der Waals surface area contributed by atoms with Crippen LogP contribution < -0.4 is 0 Å². The molecule has 0 atom stereocenters. The molecule has 11 rings (SSSR count). The molecule has 10 aromatic rings. The lowest BCUT2D eigenvalue weighted by Crippen LogP contribution is -2.26. The average molecular weight is 681 g/mol. The third kappa shape index (κ3) is 4.33. The number of hydrogen-bond donors (Lipinski definition) is 0. The summed E-state index contributed by atoms with van der Waals surface area (Å²) >= 11 is 0. The molecule has 0 saturated carbocycles. The third-order valence-corrected chi connectivity index (χ3v) is 11.0. The largest absolute Gasteiger partial charge is 0.309 e. The molecule has 0 spiro atoms. The number of para-hydroxylation sites is 2. The van der Waals surface area contributed by atoms with E-state index in [1.165, 1.54) is 44.1 Å². The Labute approximate surface area is 305 Å². The molecule has 0 unspecified atom stereocenters. The number of benzene rings is 6. The van der Waals surface area contributed by atoms with Crippen LogP contribution in [0.15, 0.2) is 158 Å². The summed E-state index contributed by atoms with van der Waals surface area (Å²) in [5.74, 6) is 1.93. The molecule has 0 N–H and O–H groups in total. The predicted octanol–water partition coefficient (Wildman–Crippen LogP) is 11.1. The van der Waals surface area contributed by atoms with Crippen LogP contribution in [0.4, 0.5) is 0 Å². The quantitative estimate of drug-likeness (QED) is 0.186. The summed E-state index contributed by atoms with van der Waals surface area (Å²) < 4.78 is 4.83. The van der Waals surface area contributed by atoms with Crippen molar-refractivity contribution < 1.29 is 0 Å². The van der Waals surface area contributed by atoms with Gasteiger partial charge in [0, 0.05) is 67.3 Å². The van der Waals surface area contributed by atoms with Gasteiger partial charge >= 0.3 is 0 Å². The van der Waals surface area contributed by atoms with E-state index in [2.05, 4.69) is 114 Å². The zero-order valence-electron chi connectivity index (χ0n) is 29.2. The highest BCUT2D eigenvalue weighted by molar-refractivity contribution is 6.12. The molecule has 0 fully saturated rings. The van der Waals surface area contributed by atoms with Gasteiger partial charge in [-0.25, -0.2) is 15.0 Å². The van der Waals surface area contributed by atoms with E-state index in [0.29, 0.717) is 17.5 Å². The normalized spacial score (nSPS) is 13.2. The van der Waals surface area contributed by atoms with Crippen molar-refractivity contribution in [3.8, 4) is 45.5 Å². The van der Waals surface area contributed by atoms with E-state index in [1.54, 1.807) is 0 Å². The first-order chi connectivity index (χ1) is 26.0. The molecule has 250 valence electrons. The highest BCUT2D eigenvalue weighted by Crippen LogP contribution is 2.48. The summed E-state index contributed by atoms with van der Waals surface area (Å²) in [5.41, 5.74) is 12.1. The van der Waals surface area contributed by atoms with E-state index in [4.69, 9.17) is 19.9 Å². The smallest absolute Gasteiger partial charge is 0.164 e. The minimum Gasteiger partial charge on any atom is -0.309 e. The second-order valence-electron chi connectivity index (χ2n) is 14.4. The Balaban J connectivity index is 1.12. The van der Waals surface area contributed by atoms with E-state index in [-0.39, 0.29) is 5.41 Å². The highest BCUT2D eigenvalue weighted by Gasteiger charge is 2.36. The van der Waals surface area contributed by atoms with Crippen molar-refractivity contribution in [1.82, 2.24) is 29.1 Å². The van der Waals surface area contributed by atoms with Crippen molar-refractivity contribution in [3.63, 3.8) is 0 Å². The molecule has 0 radical (unpaired) electrons. The molecular formula is C47H32N6. The second kappa shape index (κ2) is 11.0. The summed E-state index contributed by atoms with van der Waals surface area (Å²) in [6.45, 7) is 4.65. The fraction of sp³-hybridized carbons (Fsp3) is 0.0638. The number of hydrogen-bond acceptors (Lipinski definition) is 4. The van der Waals surface area contributed by atoms with Gasteiger partial charge in [0.2, 0.25) is 0 Å². The van der Waals surface area contributed by atoms with E-state index < -0.39 is 0 Å². The summed E-state index contributed by atoms with van der Waals surface area (Å²) in [6, 6.07) is 51.1. The number of rotatable bonds is 4. The van der Waals surface area contributed by atoms with Crippen molar-refractivity contribution in [2.45, 2.75) is 19.3 Å². The van der Waals surface area contributed by atoms with Crippen LogP contribution in [0.3, 0.4) is 0 Å². The van der Waals surface area contributed by atoms with Gasteiger partial charge in [0.15, 0.2) is 17.5 Å². The molecule has 0 aliphatic carbocycles. The van der Waals surface area contributed by atoms with E-state index in [0.717, 1.165) is 38.7 Å². The SMILES string of the molecule is CC1(C)c2cc(-n3c4ccccc4c4ccccc43)ccc2-n2c3ccc(-c4nc(-c5ccccc5)nc(-c5ccccc5)n4)cc3c3cncc1c32. The third-order valence-electron chi connectivity index (χ3n) is 11.0. The maximum Gasteiger partial charge on any atom is 0.164 e. The van der Waals surface area contributed by atoms with Gasteiger partial charge in [-0.05, 0) is 54.1 Å². The van der Waals surface area contributed by atoms with Crippen molar-refractivity contribution in [2.75, 3.05) is 0 Å². The Kier molecular flexibility index (Phi) is 6.20. The fourth-order valence-corrected chi connectivity index (χ4v) is 8.45. The lowest BCUT2D eigenvalue weighted by molar-refractivity contribution is 0.626. The molecule has 5 heterocycles. The number of aromatic nitrogens is 6. The Hall–Kier alpha value is -6.92. The molecular weight excluding hydrogens is 649 g/mol. The van der Waals surface area contributed by atoms with Gasteiger partial charge < -0.3 is 9.13 Å². The monoisotopic (exact) mass is 680 g/mol. The minimum absolute atomic E-state index is 0.298. The van der Waals surface area contributed by atoms with Gasteiger partial charge in [-0.15, -0.1) is 0 Å². The van der Waals surface area contributed by atoms with Crippen molar-refractivity contribution in [3.05, 3.63) is 169 Å². The molecule has 6 nitrogen and oxygen atoms in total. The lowest BCUT2D eigenvalue weighted by Gasteiger charge is -2.34. The Bertz CT molecular complexity index is 2970.